The highest BCUT2D eigenvalue weighted by atomic mass is 35.5. The third-order valence-electron chi connectivity index (χ3n) is 4.57. The van der Waals surface area contributed by atoms with Crippen LogP contribution in [0.25, 0.3) is 0 Å². The molecule has 0 N–H and O–H groups in total. The van der Waals surface area contributed by atoms with Gasteiger partial charge in [0, 0.05) is 0 Å². The Morgan fingerprint density at radius 3 is 1.62 bits per heavy atom. The van der Waals surface area contributed by atoms with E-state index in [1.165, 1.54) is 38.9 Å². The first-order valence-corrected chi connectivity index (χ1v) is 8.07. The summed E-state index contributed by atoms with van der Waals surface area (Å²) in [5.74, 6) is 0.553. The Balaban J connectivity index is 2.47. The number of rotatable bonds is 3. The van der Waals surface area contributed by atoms with Crippen LogP contribution in [0.5, 0.6) is 0 Å². The minimum Gasteiger partial charge on any atom is -0.113 e. The van der Waals surface area contributed by atoms with E-state index in [0.717, 1.165) is 0 Å². The van der Waals surface area contributed by atoms with Crippen LogP contribution in [-0.2, 0) is 0 Å². The third-order valence-corrected chi connectivity index (χ3v) is 5.04. The van der Waals surface area contributed by atoms with Crippen molar-refractivity contribution in [1.82, 2.24) is 0 Å². The van der Waals surface area contributed by atoms with Crippen molar-refractivity contribution in [3.63, 3.8) is 0 Å². The molecule has 0 saturated carbocycles. The van der Waals surface area contributed by atoms with Gasteiger partial charge in [-0.25, -0.2) is 0 Å². The Morgan fingerprint density at radius 2 is 1.19 bits per heavy atom. The predicted octanol–water partition coefficient (Wildman–Crippen LogP) is 6.37. The van der Waals surface area contributed by atoms with Gasteiger partial charge in [0.1, 0.15) is 0 Å². The lowest BCUT2D eigenvalue weighted by Gasteiger charge is -2.20. The standard InChI is InChI=1S/C20H25Cl/c1-12(2)17-7-9-18(10-8-17)20(21)19-15(5)13(3)11-14(4)16(19)6/h7-12,20H,1-6H3. The van der Waals surface area contributed by atoms with Crippen molar-refractivity contribution in [3.8, 4) is 0 Å². The molecule has 2 aromatic carbocycles. The van der Waals surface area contributed by atoms with Crippen LogP contribution >= 0.6 is 11.6 Å². The number of alkyl halides is 1. The number of hydrogen-bond donors (Lipinski definition) is 0. The van der Waals surface area contributed by atoms with Crippen molar-refractivity contribution in [2.45, 2.75) is 52.8 Å². The first-order chi connectivity index (χ1) is 9.82. The third kappa shape index (κ3) is 3.16. The highest BCUT2D eigenvalue weighted by Crippen LogP contribution is 2.36. The van der Waals surface area contributed by atoms with E-state index >= 15 is 0 Å². The average Bonchev–Trinajstić information content (AvgIpc) is 2.45. The molecule has 0 nitrogen and oxygen atoms in total. The Hall–Kier alpha value is -1.27. The second-order valence-corrected chi connectivity index (χ2v) is 6.79. The van der Waals surface area contributed by atoms with Crippen LogP contribution < -0.4 is 0 Å². The number of benzene rings is 2. The van der Waals surface area contributed by atoms with Gasteiger partial charge >= 0.3 is 0 Å². The first-order valence-electron chi connectivity index (χ1n) is 7.64. The molecule has 1 heteroatoms. The topological polar surface area (TPSA) is 0 Å². The molecule has 1 atom stereocenters. The summed E-state index contributed by atoms with van der Waals surface area (Å²) in [5.41, 5.74) is 9.06. The van der Waals surface area contributed by atoms with Gasteiger partial charge in [-0.1, -0.05) is 44.2 Å². The summed E-state index contributed by atoms with van der Waals surface area (Å²) in [6.07, 6.45) is 0. The zero-order valence-corrected chi connectivity index (χ0v) is 14.7. The molecule has 21 heavy (non-hydrogen) atoms. The van der Waals surface area contributed by atoms with Crippen LogP contribution in [0.2, 0.25) is 0 Å². The second-order valence-electron chi connectivity index (χ2n) is 6.36. The monoisotopic (exact) mass is 300 g/mol. The van der Waals surface area contributed by atoms with Crippen molar-refractivity contribution >= 4 is 11.6 Å². The number of aryl methyl sites for hydroxylation is 2. The van der Waals surface area contributed by atoms with Crippen molar-refractivity contribution in [3.05, 3.63) is 69.3 Å². The fourth-order valence-corrected chi connectivity index (χ4v) is 3.32. The molecular weight excluding hydrogens is 276 g/mol. The minimum absolute atomic E-state index is 0.0789. The lowest BCUT2D eigenvalue weighted by Crippen LogP contribution is -2.03. The van der Waals surface area contributed by atoms with E-state index < -0.39 is 0 Å². The quantitative estimate of drug-likeness (QED) is 0.578. The molecule has 2 rings (SSSR count). The molecule has 0 bridgehead atoms. The van der Waals surface area contributed by atoms with Crippen LogP contribution in [0.4, 0.5) is 0 Å². The van der Waals surface area contributed by atoms with Gasteiger partial charge < -0.3 is 0 Å². The molecule has 2 aromatic rings. The number of halogens is 1. The van der Waals surface area contributed by atoms with Gasteiger partial charge in [0.05, 0.1) is 5.38 Å². The Labute approximate surface area is 134 Å². The fourth-order valence-electron chi connectivity index (χ4n) is 2.84. The maximum Gasteiger partial charge on any atom is 0.0840 e. The summed E-state index contributed by atoms with van der Waals surface area (Å²) < 4.78 is 0. The Kier molecular flexibility index (Phi) is 4.78. The summed E-state index contributed by atoms with van der Waals surface area (Å²) in [6, 6.07) is 11.0. The zero-order valence-electron chi connectivity index (χ0n) is 13.9. The van der Waals surface area contributed by atoms with E-state index in [1.54, 1.807) is 0 Å². The molecule has 0 radical (unpaired) electrons. The highest BCUT2D eigenvalue weighted by Gasteiger charge is 2.18. The Morgan fingerprint density at radius 1 is 0.762 bits per heavy atom. The largest absolute Gasteiger partial charge is 0.113 e. The predicted molar refractivity (Wildman–Crippen MR) is 93.6 cm³/mol. The molecular formula is C20H25Cl. The first kappa shape index (κ1) is 16.1. The zero-order chi connectivity index (χ0) is 15.7. The van der Waals surface area contributed by atoms with Gasteiger partial charge in [-0.3, -0.25) is 0 Å². The maximum absolute atomic E-state index is 6.82. The van der Waals surface area contributed by atoms with Crippen LogP contribution in [0, 0.1) is 27.7 Å². The molecule has 0 spiro atoms. The van der Waals surface area contributed by atoms with E-state index in [4.69, 9.17) is 11.6 Å². The molecule has 0 saturated heterocycles. The summed E-state index contributed by atoms with van der Waals surface area (Å²) in [7, 11) is 0. The van der Waals surface area contributed by atoms with Crippen LogP contribution in [0.1, 0.15) is 64.1 Å². The van der Waals surface area contributed by atoms with E-state index in [0.29, 0.717) is 5.92 Å². The summed E-state index contributed by atoms with van der Waals surface area (Å²) in [4.78, 5) is 0. The van der Waals surface area contributed by atoms with Gasteiger partial charge in [-0.05, 0) is 72.6 Å². The summed E-state index contributed by atoms with van der Waals surface area (Å²) in [6.45, 7) is 13.1. The molecule has 0 heterocycles. The van der Waals surface area contributed by atoms with Gasteiger partial charge in [0.2, 0.25) is 0 Å². The Bertz CT molecular complexity index is 610. The molecule has 0 aromatic heterocycles. The molecule has 0 aliphatic rings. The molecule has 0 amide bonds. The van der Waals surface area contributed by atoms with Crippen molar-refractivity contribution < 1.29 is 0 Å². The van der Waals surface area contributed by atoms with Gasteiger partial charge in [0.15, 0.2) is 0 Å². The van der Waals surface area contributed by atoms with Crippen molar-refractivity contribution in [2.75, 3.05) is 0 Å². The molecule has 1 unspecified atom stereocenters. The summed E-state index contributed by atoms with van der Waals surface area (Å²) in [5, 5.41) is -0.0789. The smallest absolute Gasteiger partial charge is 0.0840 e. The normalized spacial score (nSPS) is 12.8. The van der Waals surface area contributed by atoms with Gasteiger partial charge in [0.25, 0.3) is 0 Å². The minimum atomic E-state index is -0.0789. The molecule has 112 valence electrons. The summed E-state index contributed by atoms with van der Waals surface area (Å²) >= 11 is 6.82. The van der Waals surface area contributed by atoms with Crippen molar-refractivity contribution in [2.24, 2.45) is 0 Å². The lowest BCUT2D eigenvalue weighted by atomic mass is 9.89. The molecule has 0 aliphatic heterocycles. The SMILES string of the molecule is Cc1cc(C)c(C)c(C(Cl)c2ccc(C(C)C)cc2)c1C. The van der Waals surface area contributed by atoms with Crippen LogP contribution in [0.3, 0.4) is 0 Å². The van der Waals surface area contributed by atoms with Crippen LogP contribution in [0.15, 0.2) is 30.3 Å². The average molecular weight is 301 g/mol. The van der Waals surface area contributed by atoms with E-state index in [1.807, 2.05) is 0 Å². The lowest BCUT2D eigenvalue weighted by molar-refractivity contribution is 0.865. The second kappa shape index (κ2) is 6.23. The van der Waals surface area contributed by atoms with E-state index in [9.17, 15) is 0 Å². The number of hydrogen-bond acceptors (Lipinski definition) is 0. The van der Waals surface area contributed by atoms with Crippen molar-refractivity contribution in [1.29, 1.82) is 0 Å². The highest BCUT2D eigenvalue weighted by molar-refractivity contribution is 6.22. The van der Waals surface area contributed by atoms with E-state index in [-0.39, 0.29) is 5.38 Å². The van der Waals surface area contributed by atoms with Crippen LogP contribution in [-0.4, -0.2) is 0 Å². The molecule has 0 fully saturated rings. The molecule has 0 aliphatic carbocycles. The fraction of sp³-hybridized carbons (Fsp3) is 0.400. The van der Waals surface area contributed by atoms with E-state index in [2.05, 4.69) is 71.9 Å². The maximum atomic E-state index is 6.82. The van der Waals surface area contributed by atoms with Gasteiger partial charge in [-0.15, -0.1) is 11.6 Å². The van der Waals surface area contributed by atoms with Gasteiger partial charge in [-0.2, -0.15) is 0 Å².